The second-order valence-electron chi connectivity index (χ2n) is 7.38. The zero-order valence-corrected chi connectivity index (χ0v) is 18.9. The monoisotopic (exact) mass is 442 g/mol. The Bertz CT molecular complexity index is 1090. The lowest BCUT2D eigenvalue weighted by Crippen LogP contribution is -2.19. The minimum absolute atomic E-state index is 0.172. The van der Waals surface area contributed by atoms with Crippen LogP contribution in [-0.4, -0.2) is 49.9 Å². The maximum absolute atomic E-state index is 12.3. The summed E-state index contributed by atoms with van der Waals surface area (Å²) in [5.74, 6) is 1.07. The first-order valence-corrected chi connectivity index (χ1v) is 10.3. The third kappa shape index (κ3) is 5.57. The lowest BCUT2D eigenvalue weighted by molar-refractivity contribution is -0.121. The topological polar surface area (TPSA) is 68.1 Å². The van der Waals surface area contributed by atoms with Crippen LogP contribution in [0.5, 0.6) is 11.5 Å². The quantitative estimate of drug-likeness (QED) is 0.403. The minimum atomic E-state index is -0.172. The molecule has 0 fully saturated rings. The van der Waals surface area contributed by atoms with Gasteiger partial charge in [-0.25, -0.2) is 5.43 Å². The molecule has 1 N–H and O–H groups in total. The predicted molar refractivity (Wildman–Crippen MR) is 124 cm³/mol. The average Bonchev–Trinajstić information content (AvgIpc) is 3.10. The maximum atomic E-state index is 12.3. The summed E-state index contributed by atoms with van der Waals surface area (Å²) >= 11 is 6.44. The van der Waals surface area contributed by atoms with Crippen molar-refractivity contribution in [3.05, 3.63) is 58.7 Å². The van der Waals surface area contributed by atoms with Crippen molar-refractivity contribution < 1.29 is 14.3 Å². The highest BCUT2D eigenvalue weighted by atomic mass is 35.5. The highest BCUT2D eigenvalue weighted by molar-refractivity contribution is 6.35. The van der Waals surface area contributed by atoms with Crippen molar-refractivity contribution in [2.45, 2.75) is 19.5 Å². The van der Waals surface area contributed by atoms with Gasteiger partial charge in [0, 0.05) is 36.6 Å². The largest absolute Gasteiger partial charge is 0.493 e. The smallest absolute Gasteiger partial charge is 0.241 e. The molecule has 0 saturated heterocycles. The Morgan fingerprint density at radius 2 is 1.97 bits per heavy atom. The molecule has 2 aromatic carbocycles. The van der Waals surface area contributed by atoms with Crippen LogP contribution in [0.3, 0.4) is 0 Å². The Balaban J connectivity index is 1.64. The second-order valence-corrected chi connectivity index (χ2v) is 7.78. The van der Waals surface area contributed by atoms with Gasteiger partial charge in [-0.1, -0.05) is 17.7 Å². The molecule has 8 heteroatoms. The van der Waals surface area contributed by atoms with Gasteiger partial charge in [-0.05, 0) is 55.6 Å². The molecule has 7 nitrogen and oxygen atoms in total. The molecule has 31 heavy (non-hydrogen) atoms. The lowest BCUT2D eigenvalue weighted by Gasteiger charge is -2.08. The molecule has 0 aliphatic heterocycles. The van der Waals surface area contributed by atoms with Crippen molar-refractivity contribution >= 4 is 34.6 Å². The molecular weight excluding hydrogens is 416 g/mol. The summed E-state index contributed by atoms with van der Waals surface area (Å²) in [5.41, 5.74) is 5.52. The molecule has 164 valence electrons. The number of hydrogen-bond acceptors (Lipinski definition) is 5. The molecule has 3 aromatic rings. The molecule has 0 spiro atoms. The molecule has 1 amide bonds. The van der Waals surface area contributed by atoms with E-state index < -0.39 is 0 Å². The fourth-order valence-corrected chi connectivity index (χ4v) is 3.72. The number of amides is 1. The van der Waals surface area contributed by atoms with E-state index >= 15 is 0 Å². The van der Waals surface area contributed by atoms with Gasteiger partial charge in [-0.2, -0.15) is 5.10 Å². The molecule has 1 heterocycles. The van der Waals surface area contributed by atoms with Crippen molar-refractivity contribution in [1.82, 2.24) is 14.9 Å². The van der Waals surface area contributed by atoms with E-state index in [0.29, 0.717) is 24.5 Å². The number of ether oxygens (including phenoxy) is 2. The summed E-state index contributed by atoms with van der Waals surface area (Å²) in [4.78, 5) is 14.4. The number of aryl methyl sites for hydroxylation is 1. The first-order chi connectivity index (χ1) is 14.9. The molecular formula is C23H27ClN4O3. The fourth-order valence-electron chi connectivity index (χ4n) is 3.43. The number of hydrazone groups is 1. The zero-order chi connectivity index (χ0) is 22.4. The van der Waals surface area contributed by atoms with Gasteiger partial charge in [0.1, 0.15) is 0 Å². The number of aromatic nitrogens is 1. The van der Waals surface area contributed by atoms with Gasteiger partial charge in [0.2, 0.25) is 5.91 Å². The number of hydrogen-bond donors (Lipinski definition) is 1. The van der Waals surface area contributed by atoms with Gasteiger partial charge >= 0.3 is 0 Å². The summed E-state index contributed by atoms with van der Waals surface area (Å²) in [6.45, 7) is 1.30. The van der Waals surface area contributed by atoms with E-state index in [1.54, 1.807) is 32.6 Å². The molecule has 0 unspecified atom stereocenters. The SMILES string of the molecule is COc1ccc(/C=N/NC(=O)CCn2cc(CN(C)C)c3c(Cl)cccc32)cc1OC. The molecule has 1 aromatic heterocycles. The van der Waals surface area contributed by atoms with Crippen LogP contribution in [0, 0.1) is 0 Å². The fraction of sp³-hybridized carbons (Fsp3) is 0.304. The number of carbonyl (C=O) groups excluding carboxylic acids is 1. The third-order valence-electron chi connectivity index (χ3n) is 4.81. The van der Waals surface area contributed by atoms with E-state index in [2.05, 4.69) is 26.2 Å². The molecule has 3 rings (SSSR count). The third-order valence-corrected chi connectivity index (χ3v) is 5.13. The molecule has 0 aliphatic rings. The van der Waals surface area contributed by atoms with E-state index in [-0.39, 0.29) is 5.91 Å². The average molecular weight is 443 g/mol. The van der Waals surface area contributed by atoms with Gasteiger partial charge in [-0.3, -0.25) is 4.79 Å². The first-order valence-electron chi connectivity index (χ1n) is 9.87. The Hall–Kier alpha value is -3.03. The predicted octanol–water partition coefficient (Wildman–Crippen LogP) is 3.91. The first kappa shape index (κ1) is 22.7. The Labute approximate surface area is 187 Å². The summed E-state index contributed by atoms with van der Waals surface area (Å²) in [6, 6.07) is 11.2. The number of carbonyl (C=O) groups is 1. The maximum Gasteiger partial charge on any atom is 0.241 e. The van der Waals surface area contributed by atoms with Crippen LogP contribution in [0.4, 0.5) is 0 Å². The van der Waals surface area contributed by atoms with Crippen LogP contribution in [0.25, 0.3) is 10.9 Å². The number of nitrogens with zero attached hydrogens (tertiary/aromatic N) is 3. The van der Waals surface area contributed by atoms with Gasteiger partial charge in [0.25, 0.3) is 0 Å². The van der Waals surface area contributed by atoms with Crippen molar-refractivity contribution in [3.63, 3.8) is 0 Å². The normalized spacial score (nSPS) is 11.4. The molecule has 0 bridgehead atoms. The van der Waals surface area contributed by atoms with Crippen LogP contribution in [0.1, 0.15) is 17.5 Å². The van der Waals surface area contributed by atoms with Crippen LogP contribution in [0.15, 0.2) is 47.7 Å². The van der Waals surface area contributed by atoms with Gasteiger partial charge in [-0.15, -0.1) is 0 Å². The summed E-state index contributed by atoms with van der Waals surface area (Å²) < 4.78 is 12.6. The Morgan fingerprint density at radius 3 is 2.68 bits per heavy atom. The van der Waals surface area contributed by atoms with E-state index in [4.69, 9.17) is 21.1 Å². The zero-order valence-electron chi connectivity index (χ0n) is 18.2. The summed E-state index contributed by atoms with van der Waals surface area (Å²) in [5, 5.41) is 5.80. The number of fused-ring (bicyclic) bond motifs is 1. The van der Waals surface area contributed by atoms with E-state index in [9.17, 15) is 4.79 Å². The standard InChI is InChI=1S/C23H27ClN4O3/c1-27(2)14-17-15-28(19-7-5-6-18(24)23(17)19)11-10-22(29)26-25-13-16-8-9-20(30-3)21(12-16)31-4/h5-9,12-13,15H,10-11,14H2,1-4H3,(H,26,29)/b25-13+. The lowest BCUT2D eigenvalue weighted by atomic mass is 10.1. The number of benzene rings is 2. The number of nitrogens with one attached hydrogen (secondary N) is 1. The van der Waals surface area contributed by atoms with Gasteiger partial charge in [0.05, 0.1) is 25.5 Å². The highest BCUT2D eigenvalue weighted by Gasteiger charge is 2.13. The summed E-state index contributed by atoms with van der Waals surface area (Å²) in [7, 11) is 7.19. The van der Waals surface area contributed by atoms with Gasteiger partial charge in [0.15, 0.2) is 11.5 Å². The van der Waals surface area contributed by atoms with E-state index in [0.717, 1.165) is 33.6 Å². The van der Waals surface area contributed by atoms with Crippen molar-refractivity contribution in [1.29, 1.82) is 0 Å². The van der Waals surface area contributed by atoms with E-state index in [1.165, 1.54) is 0 Å². The number of methoxy groups -OCH3 is 2. The number of rotatable bonds is 9. The van der Waals surface area contributed by atoms with Gasteiger partial charge < -0.3 is 18.9 Å². The van der Waals surface area contributed by atoms with Crippen LogP contribution in [-0.2, 0) is 17.9 Å². The Morgan fingerprint density at radius 1 is 1.19 bits per heavy atom. The van der Waals surface area contributed by atoms with Crippen molar-refractivity contribution in [3.8, 4) is 11.5 Å². The Kier molecular flexibility index (Phi) is 7.55. The van der Waals surface area contributed by atoms with Crippen LogP contribution >= 0.6 is 11.6 Å². The van der Waals surface area contributed by atoms with E-state index in [1.807, 2.05) is 38.4 Å². The van der Waals surface area contributed by atoms with Crippen molar-refractivity contribution in [2.24, 2.45) is 5.10 Å². The molecule has 0 aliphatic carbocycles. The number of halogens is 1. The van der Waals surface area contributed by atoms with Crippen LogP contribution < -0.4 is 14.9 Å². The second kappa shape index (κ2) is 10.3. The van der Waals surface area contributed by atoms with Crippen molar-refractivity contribution in [2.75, 3.05) is 28.3 Å². The molecule has 0 saturated carbocycles. The summed E-state index contributed by atoms with van der Waals surface area (Å²) in [6.07, 6.45) is 3.93. The highest BCUT2D eigenvalue weighted by Crippen LogP contribution is 2.30. The van der Waals surface area contributed by atoms with Crippen LogP contribution in [0.2, 0.25) is 5.02 Å². The minimum Gasteiger partial charge on any atom is -0.493 e. The molecule has 0 atom stereocenters. The molecule has 0 radical (unpaired) electrons.